The second-order valence-corrected chi connectivity index (χ2v) is 8.83. The first-order valence-corrected chi connectivity index (χ1v) is 11.3. The maximum Gasteiger partial charge on any atom is 0.418 e. The fraction of sp³-hybridized carbons (Fsp3) is 0.450. The normalized spacial score (nSPS) is 19.9. The molecule has 0 radical (unpaired) electrons. The molecule has 14 heteroatoms. The number of halogens is 3. The topological polar surface area (TPSA) is 111 Å². The molecular weight excluding hydrogens is 477 g/mol. The third-order valence-electron chi connectivity index (χ3n) is 5.75. The average molecular weight is 496 g/mol. The van der Waals surface area contributed by atoms with Crippen LogP contribution in [0.1, 0.15) is 34.6 Å². The van der Waals surface area contributed by atoms with Crippen LogP contribution in [0.5, 0.6) is 5.88 Å². The monoisotopic (exact) mass is 496 g/mol. The Morgan fingerprint density at radius 2 is 2.03 bits per heavy atom. The molecule has 5 rings (SSSR count). The Bertz CT molecular complexity index is 1250. The third kappa shape index (κ3) is 4.13. The van der Waals surface area contributed by atoms with E-state index in [0.717, 1.165) is 17.4 Å². The number of alkyl halides is 3. The Morgan fingerprint density at radius 3 is 2.76 bits per heavy atom. The van der Waals surface area contributed by atoms with Crippen molar-refractivity contribution in [1.29, 1.82) is 0 Å². The maximum atomic E-state index is 13.6. The zero-order chi connectivity index (χ0) is 24.0. The highest BCUT2D eigenvalue weighted by molar-refractivity contribution is 7.17. The number of amides is 2. The smallest absolute Gasteiger partial charge is 0.418 e. The van der Waals surface area contributed by atoms with Gasteiger partial charge in [0.15, 0.2) is 0 Å². The van der Waals surface area contributed by atoms with Gasteiger partial charge in [-0.1, -0.05) is 0 Å². The van der Waals surface area contributed by atoms with Crippen LogP contribution in [0.3, 0.4) is 0 Å². The number of rotatable bonds is 4. The summed E-state index contributed by atoms with van der Waals surface area (Å²) in [6, 6.07) is 0.843. The number of aromatic nitrogens is 4. The highest BCUT2D eigenvalue weighted by Gasteiger charge is 2.38. The van der Waals surface area contributed by atoms with Crippen molar-refractivity contribution in [3.63, 3.8) is 0 Å². The largest absolute Gasteiger partial charge is 0.474 e. The molecule has 3 aromatic heterocycles. The van der Waals surface area contributed by atoms with Gasteiger partial charge in [-0.2, -0.15) is 18.3 Å². The van der Waals surface area contributed by atoms with Crippen molar-refractivity contribution in [3.8, 4) is 5.88 Å². The predicted molar refractivity (Wildman–Crippen MR) is 112 cm³/mol. The van der Waals surface area contributed by atoms with Gasteiger partial charge in [-0.15, -0.1) is 11.3 Å². The zero-order valence-corrected chi connectivity index (χ0v) is 18.6. The number of carbonyl (C=O) groups excluding carboxylic acids is 2. The first kappa shape index (κ1) is 22.4. The Labute approximate surface area is 194 Å². The van der Waals surface area contributed by atoms with Crippen molar-refractivity contribution in [3.05, 3.63) is 34.7 Å². The van der Waals surface area contributed by atoms with Crippen LogP contribution in [-0.4, -0.2) is 62.4 Å². The van der Waals surface area contributed by atoms with Crippen molar-refractivity contribution < 1.29 is 32.2 Å². The molecule has 0 aromatic carbocycles. The summed E-state index contributed by atoms with van der Waals surface area (Å²) in [6.45, 7) is 1.27. The van der Waals surface area contributed by atoms with Crippen molar-refractivity contribution in [1.82, 2.24) is 30.0 Å². The summed E-state index contributed by atoms with van der Waals surface area (Å²) >= 11 is 0.805. The summed E-state index contributed by atoms with van der Waals surface area (Å²) in [6.07, 6.45) is -3.92. The van der Waals surface area contributed by atoms with Crippen LogP contribution < -0.4 is 10.1 Å². The lowest BCUT2D eigenvalue weighted by molar-refractivity contribution is -0.136. The van der Waals surface area contributed by atoms with E-state index in [9.17, 15) is 22.8 Å². The number of nitrogens with one attached hydrogen (secondary N) is 1. The molecule has 3 aromatic rings. The molecule has 0 saturated heterocycles. The summed E-state index contributed by atoms with van der Waals surface area (Å²) in [4.78, 5) is 34.3. The van der Waals surface area contributed by atoms with Crippen molar-refractivity contribution in [2.75, 3.05) is 13.6 Å². The molecule has 0 spiro atoms. The molecule has 1 aliphatic heterocycles. The number of hydrogen-bond donors (Lipinski definition) is 1. The molecule has 10 nitrogen and oxygen atoms in total. The molecule has 2 aliphatic rings. The van der Waals surface area contributed by atoms with Gasteiger partial charge >= 0.3 is 12.3 Å². The van der Waals surface area contributed by atoms with Crippen molar-refractivity contribution in [2.24, 2.45) is 0 Å². The molecule has 180 valence electrons. The van der Waals surface area contributed by atoms with Crippen molar-refractivity contribution >= 4 is 33.6 Å². The SMILES string of the molecule is CNC(=O)c1csc2c(C(F)(F)F)cc(OC3CC(OC(=O)N4CCn5ncnc5C4)C3)nc12. The van der Waals surface area contributed by atoms with E-state index in [2.05, 4.69) is 20.4 Å². The quantitative estimate of drug-likeness (QED) is 0.591. The highest BCUT2D eigenvalue weighted by atomic mass is 32.1. The molecule has 0 bridgehead atoms. The lowest BCUT2D eigenvalue weighted by atomic mass is 9.92. The average Bonchev–Trinajstić information content (AvgIpc) is 3.42. The van der Waals surface area contributed by atoms with Crippen LogP contribution in [0.25, 0.3) is 10.2 Å². The molecule has 0 unspecified atom stereocenters. The number of hydrogen-bond acceptors (Lipinski definition) is 8. The number of pyridine rings is 1. The molecule has 34 heavy (non-hydrogen) atoms. The van der Waals surface area contributed by atoms with E-state index in [0.29, 0.717) is 38.3 Å². The van der Waals surface area contributed by atoms with Gasteiger partial charge in [-0.25, -0.2) is 19.4 Å². The first-order chi connectivity index (χ1) is 16.2. The fourth-order valence-electron chi connectivity index (χ4n) is 3.87. The van der Waals surface area contributed by atoms with Crippen LogP contribution in [0, 0.1) is 0 Å². The van der Waals surface area contributed by atoms with E-state index >= 15 is 0 Å². The predicted octanol–water partition coefficient (Wildman–Crippen LogP) is 2.83. The van der Waals surface area contributed by atoms with Crippen LogP contribution in [0.15, 0.2) is 17.8 Å². The number of carbonyl (C=O) groups is 2. The summed E-state index contributed by atoms with van der Waals surface area (Å²) in [5.41, 5.74) is -0.918. The van der Waals surface area contributed by atoms with Gasteiger partial charge in [0, 0.05) is 37.9 Å². The van der Waals surface area contributed by atoms with Gasteiger partial charge in [0.2, 0.25) is 5.88 Å². The molecule has 1 aliphatic carbocycles. The molecule has 1 saturated carbocycles. The second kappa shape index (κ2) is 8.42. The number of fused-ring (bicyclic) bond motifs is 2. The summed E-state index contributed by atoms with van der Waals surface area (Å²) in [7, 11) is 1.39. The molecule has 1 fully saturated rings. The van der Waals surface area contributed by atoms with Gasteiger partial charge < -0.3 is 14.8 Å². The lowest BCUT2D eigenvalue weighted by Crippen LogP contribution is -2.45. The van der Waals surface area contributed by atoms with Crippen LogP contribution in [-0.2, 0) is 24.0 Å². The van der Waals surface area contributed by atoms with Gasteiger partial charge in [-0.05, 0) is 0 Å². The van der Waals surface area contributed by atoms with Crippen LogP contribution in [0.2, 0.25) is 0 Å². The van der Waals surface area contributed by atoms with Gasteiger partial charge in [0.25, 0.3) is 5.91 Å². The Morgan fingerprint density at radius 1 is 1.24 bits per heavy atom. The molecule has 4 heterocycles. The minimum Gasteiger partial charge on any atom is -0.474 e. The third-order valence-corrected chi connectivity index (χ3v) is 6.75. The molecule has 0 atom stereocenters. The van der Waals surface area contributed by atoms with Gasteiger partial charge in [0.05, 0.1) is 34.4 Å². The number of ether oxygens (including phenoxy) is 2. The molecule has 1 N–H and O–H groups in total. The molecular formula is C20H19F3N6O4S. The lowest BCUT2D eigenvalue weighted by Gasteiger charge is -2.36. The summed E-state index contributed by atoms with van der Waals surface area (Å²) in [5, 5.41) is 7.80. The summed E-state index contributed by atoms with van der Waals surface area (Å²) < 4.78 is 53.6. The van der Waals surface area contributed by atoms with Gasteiger partial charge in [-0.3, -0.25) is 9.69 Å². The van der Waals surface area contributed by atoms with E-state index in [-0.39, 0.29) is 21.7 Å². The second-order valence-electron chi connectivity index (χ2n) is 7.95. The number of nitrogens with zero attached hydrogens (tertiary/aromatic N) is 5. The standard InChI is InChI=1S/C20H19F3N6O4S/c1-24-18(30)12-8-34-17-13(20(21,22)23)6-15(27-16(12)17)32-10-4-11(5-10)33-19(31)28-2-3-29-14(7-28)25-9-26-29/h6,8-11H,2-5,7H2,1H3,(H,24,30). The van der Waals surface area contributed by atoms with E-state index in [1.54, 1.807) is 4.68 Å². The Kier molecular flexibility index (Phi) is 5.54. The van der Waals surface area contributed by atoms with Gasteiger partial charge in [0.1, 0.15) is 24.4 Å². The van der Waals surface area contributed by atoms with E-state index in [1.807, 2.05) is 0 Å². The first-order valence-electron chi connectivity index (χ1n) is 10.4. The fourth-order valence-corrected chi connectivity index (χ4v) is 4.89. The summed E-state index contributed by atoms with van der Waals surface area (Å²) in [5.74, 6) is -0.0892. The Hall–Kier alpha value is -3.42. The van der Waals surface area contributed by atoms with Crippen LogP contribution in [0.4, 0.5) is 18.0 Å². The highest BCUT2D eigenvalue weighted by Crippen LogP contribution is 2.41. The maximum absolute atomic E-state index is 13.6. The van der Waals surface area contributed by atoms with Crippen LogP contribution >= 0.6 is 11.3 Å². The van der Waals surface area contributed by atoms with E-state index in [4.69, 9.17) is 9.47 Å². The minimum atomic E-state index is -4.64. The van der Waals surface area contributed by atoms with Crippen molar-refractivity contribution in [2.45, 2.75) is 44.3 Å². The minimum absolute atomic E-state index is 0.0521. The zero-order valence-electron chi connectivity index (χ0n) is 17.8. The Balaban J connectivity index is 1.24. The number of thiophene rings is 1. The molecule has 2 amide bonds. The van der Waals surface area contributed by atoms with E-state index < -0.39 is 35.9 Å². The van der Waals surface area contributed by atoms with E-state index in [1.165, 1.54) is 23.7 Å².